The van der Waals surface area contributed by atoms with Crippen LogP contribution < -0.4 is 5.32 Å². The summed E-state index contributed by atoms with van der Waals surface area (Å²) in [6.07, 6.45) is 1.65. The molecule has 1 aliphatic heterocycles. The smallest absolute Gasteiger partial charge is 0.324 e. The lowest BCUT2D eigenvalue weighted by atomic mass is 10.1. The molecule has 7 nitrogen and oxygen atoms in total. The summed E-state index contributed by atoms with van der Waals surface area (Å²) in [4.78, 5) is 24.9. The highest BCUT2D eigenvalue weighted by atomic mass is 35.5. The van der Waals surface area contributed by atoms with E-state index in [-0.39, 0.29) is 27.2 Å². The molecule has 1 heterocycles. The van der Waals surface area contributed by atoms with E-state index >= 15 is 0 Å². The zero-order valence-electron chi connectivity index (χ0n) is 15.9. The summed E-state index contributed by atoms with van der Waals surface area (Å²) in [6.45, 7) is -0.380. The van der Waals surface area contributed by atoms with Crippen LogP contribution in [0.2, 0.25) is 10.0 Å². The minimum absolute atomic E-state index is 0.107. The number of nitrogens with zero attached hydrogens (tertiary/aromatic N) is 1. The number of carbonyl (C=O) groups excluding carboxylic acids is 2. The third kappa shape index (κ3) is 5.13. The van der Waals surface area contributed by atoms with Crippen molar-refractivity contribution in [2.45, 2.75) is 30.2 Å². The normalized spacial score (nSPS) is 17.3. The Morgan fingerprint density at radius 3 is 2.37 bits per heavy atom. The van der Waals surface area contributed by atoms with Crippen LogP contribution in [-0.2, 0) is 24.3 Å². The molecule has 0 aromatic heterocycles. The van der Waals surface area contributed by atoms with Crippen molar-refractivity contribution >= 4 is 50.8 Å². The van der Waals surface area contributed by atoms with Crippen LogP contribution in [0.15, 0.2) is 53.4 Å². The zero-order valence-corrected chi connectivity index (χ0v) is 18.2. The minimum Gasteiger partial charge on any atom is -0.454 e. The Morgan fingerprint density at radius 2 is 1.70 bits per heavy atom. The van der Waals surface area contributed by atoms with Crippen molar-refractivity contribution in [3.8, 4) is 0 Å². The maximum absolute atomic E-state index is 13.0. The third-order valence-electron chi connectivity index (χ3n) is 4.65. The van der Waals surface area contributed by atoms with E-state index in [1.54, 1.807) is 36.4 Å². The van der Waals surface area contributed by atoms with Crippen LogP contribution in [0.3, 0.4) is 0 Å². The predicted octanol–water partition coefficient (Wildman–Crippen LogP) is 3.72. The molecule has 0 spiro atoms. The first-order valence-electron chi connectivity index (χ1n) is 9.28. The van der Waals surface area contributed by atoms with Crippen LogP contribution in [0, 0.1) is 0 Å². The Morgan fingerprint density at radius 1 is 1.03 bits per heavy atom. The van der Waals surface area contributed by atoms with E-state index in [9.17, 15) is 18.0 Å². The fourth-order valence-electron chi connectivity index (χ4n) is 3.18. The van der Waals surface area contributed by atoms with Crippen molar-refractivity contribution in [1.82, 2.24) is 4.31 Å². The Kier molecular flexibility index (Phi) is 7.36. The third-order valence-corrected chi connectivity index (χ3v) is 7.20. The van der Waals surface area contributed by atoms with Gasteiger partial charge in [-0.1, -0.05) is 47.5 Å². The number of benzene rings is 2. The molecule has 1 atom stereocenters. The molecular formula is C20H20Cl2N2O5S. The van der Waals surface area contributed by atoms with Gasteiger partial charge in [0, 0.05) is 6.54 Å². The highest BCUT2D eigenvalue weighted by molar-refractivity contribution is 7.89. The van der Waals surface area contributed by atoms with E-state index in [2.05, 4.69) is 5.32 Å². The molecule has 0 aliphatic carbocycles. The molecule has 1 unspecified atom stereocenters. The Balaban J connectivity index is 1.67. The SMILES string of the molecule is O=C(COC(=O)C1CCCCN1S(=O)(=O)c1ccccc1)Nc1c(Cl)cccc1Cl. The van der Waals surface area contributed by atoms with Crippen LogP contribution in [0.4, 0.5) is 5.69 Å². The second-order valence-corrected chi connectivity index (χ2v) is 9.40. The van der Waals surface area contributed by atoms with Gasteiger partial charge in [-0.3, -0.25) is 9.59 Å². The lowest BCUT2D eigenvalue weighted by Crippen LogP contribution is -2.48. The molecule has 10 heteroatoms. The van der Waals surface area contributed by atoms with Crippen LogP contribution >= 0.6 is 23.2 Å². The summed E-state index contributed by atoms with van der Waals surface area (Å²) in [5.74, 6) is -1.40. The average molecular weight is 471 g/mol. The van der Waals surface area contributed by atoms with Gasteiger partial charge in [0.1, 0.15) is 6.04 Å². The molecule has 3 rings (SSSR count). The molecule has 1 amide bonds. The number of hydrogen-bond acceptors (Lipinski definition) is 5. The number of amides is 1. The molecule has 0 saturated carbocycles. The van der Waals surface area contributed by atoms with Gasteiger partial charge in [-0.15, -0.1) is 0 Å². The van der Waals surface area contributed by atoms with E-state index in [1.165, 1.54) is 12.1 Å². The van der Waals surface area contributed by atoms with Gasteiger partial charge < -0.3 is 10.1 Å². The molecule has 2 aromatic rings. The number of halogens is 2. The first kappa shape index (κ1) is 22.6. The van der Waals surface area contributed by atoms with Crippen molar-refractivity contribution in [2.75, 3.05) is 18.5 Å². The maximum Gasteiger partial charge on any atom is 0.324 e. The van der Waals surface area contributed by atoms with Gasteiger partial charge in [-0.05, 0) is 43.5 Å². The number of ether oxygens (including phenoxy) is 1. The second-order valence-electron chi connectivity index (χ2n) is 6.69. The fraction of sp³-hybridized carbons (Fsp3) is 0.300. The van der Waals surface area contributed by atoms with E-state index in [0.717, 1.165) is 4.31 Å². The second kappa shape index (κ2) is 9.78. The van der Waals surface area contributed by atoms with Crippen LogP contribution in [-0.4, -0.2) is 43.8 Å². The monoisotopic (exact) mass is 470 g/mol. The van der Waals surface area contributed by atoms with Crippen molar-refractivity contribution in [3.63, 3.8) is 0 Å². The highest BCUT2D eigenvalue weighted by Gasteiger charge is 2.38. The lowest BCUT2D eigenvalue weighted by molar-refractivity contribution is -0.152. The number of carbonyl (C=O) groups is 2. The maximum atomic E-state index is 13.0. The van der Waals surface area contributed by atoms with Crippen molar-refractivity contribution in [3.05, 3.63) is 58.6 Å². The van der Waals surface area contributed by atoms with Gasteiger partial charge in [0.05, 0.1) is 20.6 Å². The number of para-hydroxylation sites is 1. The lowest BCUT2D eigenvalue weighted by Gasteiger charge is -2.32. The van der Waals surface area contributed by atoms with Crippen LogP contribution in [0.1, 0.15) is 19.3 Å². The van der Waals surface area contributed by atoms with E-state index < -0.39 is 34.5 Å². The van der Waals surface area contributed by atoms with E-state index in [0.29, 0.717) is 19.3 Å². The predicted molar refractivity (Wildman–Crippen MR) is 114 cm³/mol. The van der Waals surface area contributed by atoms with Crippen molar-refractivity contribution < 1.29 is 22.7 Å². The average Bonchev–Trinajstić information content (AvgIpc) is 2.75. The largest absolute Gasteiger partial charge is 0.454 e. The van der Waals surface area contributed by atoms with Gasteiger partial charge in [-0.2, -0.15) is 4.31 Å². The van der Waals surface area contributed by atoms with E-state index in [4.69, 9.17) is 27.9 Å². The number of anilines is 1. The summed E-state index contributed by atoms with van der Waals surface area (Å²) in [7, 11) is -3.86. The number of sulfonamides is 1. The first-order chi connectivity index (χ1) is 14.3. The molecule has 1 aliphatic rings. The quantitative estimate of drug-likeness (QED) is 0.649. The van der Waals surface area contributed by atoms with Gasteiger partial charge in [0.15, 0.2) is 6.61 Å². The first-order valence-corrected chi connectivity index (χ1v) is 11.5. The summed E-state index contributed by atoms with van der Waals surface area (Å²) in [5, 5.41) is 2.98. The Labute approximate surface area is 185 Å². The Hall–Kier alpha value is -2.13. The highest BCUT2D eigenvalue weighted by Crippen LogP contribution is 2.30. The topological polar surface area (TPSA) is 92.8 Å². The molecule has 1 saturated heterocycles. The van der Waals surface area contributed by atoms with Gasteiger partial charge in [-0.25, -0.2) is 8.42 Å². The van der Waals surface area contributed by atoms with Gasteiger partial charge in [0.2, 0.25) is 10.0 Å². The van der Waals surface area contributed by atoms with Crippen LogP contribution in [0.5, 0.6) is 0 Å². The molecule has 30 heavy (non-hydrogen) atoms. The minimum atomic E-state index is -3.86. The number of hydrogen-bond donors (Lipinski definition) is 1. The number of nitrogens with one attached hydrogen (secondary N) is 1. The van der Waals surface area contributed by atoms with Crippen molar-refractivity contribution in [1.29, 1.82) is 0 Å². The molecule has 160 valence electrons. The number of piperidine rings is 1. The zero-order chi connectivity index (χ0) is 21.7. The van der Waals surface area contributed by atoms with Crippen LogP contribution in [0.25, 0.3) is 0 Å². The number of rotatable bonds is 6. The number of esters is 1. The molecule has 0 bridgehead atoms. The van der Waals surface area contributed by atoms with Gasteiger partial charge >= 0.3 is 5.97 Å². The summed E-state index contributed by atoms with van der Waals surface area (Å²) >= 11 is 12.0. The van der Waals surface area contributed by atoms with Crippen molar-refractivity contribution in [2.24, 2.45) is 0 Å². The summed E-state index contributed by atoms with van der Waals surface area (Å²) < 4.78 is 32.2. The van der Waals surface area contributed by atoms with E-state index in [1.807, 2.05) is 0 Å². The molecule has 1 N–H and O–H groups in total. The molecule has 1 fully saturated rings. The molecule has 0 radical (unpaired) electrons. The molecule has 2 aromatic carbocycles. The summed E-state index contributed by atoms with van der Waals surface area (Å²) in [5.41, 5.74) is 0.216. The molecular weight excluding hydrogens is 451 g/mol. The standard InChI is InChI=1S/C20H20Cl2N2O5S/c21-15-9-6-10-16(22)19(15)23-18(25)13-29-20(26)17-11-4-5-12-24(17)30(27,28)14-7-2-1-3-8-14/h1-3,6-10,17H,4-5,11-13H2,(H,23,25). The fourth-order valence-corrected chi connectivity index (χ4v) is 5.34. The summed E-state index contributed by atoms with van der Waals surface area (Å²) in [6, 6.07) is 11.7. The van der Waals surface area contributed by atoms with Gasteiger partial charge in [0.25, 0.3) is 5.91 Å². The Bertz CT molecular complexity index is 1010.